The maximum absolute atomic E-state index is 13.3. The standard InChI is InChI=1S/C18H14ClF3N4O/c1-27-14-8-6-12(7-9-14)24-16-15(18(20,21)22)10-23-17(26-16)25-13-4-2-11(19)3-5-13/h2-10H,1H3,(H2,23,24,25,26). The van der Waals surface area contributed by atoms with Crippen LogP contribution >= 0.6 is 11.6 Å². The van der Waals surface area contributed by atoms with E-state index in [1.165, 1.54) is 7.11 Å². The van der Waals surface area contributed by atoms with E-state index in [0.29, 0.717) is 22.1 Å². The van der Waals surface area contributed by atoms with Crippen molar-refractivity contribution < 1.29 is 17.9 Å². The molecule has 3 aromatic rings. The highest BCUT2D eigenvalue weighted by Gasteiger charge is 2.35. The molecule has 0 fully saturated rings. The van der Waals surface area contributed by atoms with Crippen LogP contribution in [0.25, 0.3) is 0 Å². The van der Waals surface area contributed by atoms with Crippen molar-refractivity contribution >= 4 is 34.7 Å². The fourth-order valence-electron chi connectivity index (χ4n) is 2.22. The van der Waals surface area contributed by atoms with Crippen LogP contribution < -0.4 is 15.4 Å². The van der Waals surface area contributed by atoms with Crippen molar-refractivity contribution in [1.82, 2.24) is 9.97 Å². The Labute approximate surface area is 158 Å². The third-order valence-corrected chi connectivity index (χ3v) is 3.80. The molecule has 0 aliphatic rings. The average molecular weight is 395 g/mol. The number of ether oxygens (including phenoxy) is 1. The molecule has 0 amide bonds. The first kappa shape index (κ1) is 18.8. The first-order valence-corrected chi connectivity index (χ1v) is 8.11. The van der Waals surface area contributed by atoms with Gasteiger partial charge in [0.15, 0.2) is 0 Å². The number of nitrogens with zero attached hydrogens (tertiary/aromatic N) is 2. The molecule has 0 radical (unpaired) electrons. The molecule has 140 valence electrons. The number of methoxy groups -OCH3 is 1. The maximum atomic E-state index is 13.3. The topological polar surface area (TPSA) is 59.1 Å². The van der Waals surface area contributed by atoms with E-state index >= 15 is 0 Å². The van der Waals surface area contributed by atoms with E-state index in [2.05, 4.69) is 20.6 Å². The molecule has 0 aliphatic carbocycles. The molecule has 1 aromatic heterocycles. The number of anilines is 4. The van der Waals surface area contributed by atoms with Crippen LogP contribution in [-0.4, -0.2) is 17.1 Å². The van der Waals surface area contributed by atoms with Gasteiger partial charge in [0.25, 0.3) is 0 Å². The highest BCUT2D eigenvalue weighted by molar-refractivity contribution is 6.30. The first-order valence-electron chi connectivity index (χ1n) is 7.73. The van der Waals surface area contributed by atoms with Crippen LogP contribution in [0.1, 0.15) is 5.56 Å². The van der Waals surface area contributed by atoms with E-state index in [4.69, 9.17) is 16.3 Å². The molecule has 2 aromatic carbocycles. The zero-order valence-electron chi connectivity index (χ0n) is 14.0. The Kier molecular flexibility index (Phi) is 5.36. The van der Waals surface area contributed by atoms with Crippen LogP contribution in [0.2, 0.25) is 5.02 Å². The van der Waals surface area contributed by atoms with Crippen molar-refractivity contribution in [3.8, 4) is 5.75 Å². The molecule has 27 heavy (non-hydrogen) atoms. The molecule has 9 heteroatoms. The van der Waals surface area contributed by atoms with Crippen molar-refractivity contribution in [3.05, 3.63) is 65.3 Å². The van der Waals surface area contributed by atoms with Gasteiger partial charge in [-0.15, -0.1) is 0 Å². The van der Waals surface area contributed by atoms with Crippen LogP contribution in [0.4, 0.5) is 36.3 Å². The van der Waals surface area contributed by atoms with Crippen molar-refractivity contribution in [2.75, 3.05) is 17.7 Å². The molecule has 0 spiro atoms. The van der Waals surface area contributed by atoms with E-state index in [0.717, 1.165) is 6.20 Å². The highest BCUT2D eigenvalue weighted by atomic mass is 35.5. The van der Waals surface area contributed by atoms with Crippen LogP contribution in [-0.2, 0) is 6.18 Å². The largest absolute Gasteiger partial charge is 0.497 e. The molecular weight excluding hydrogens is 381 g/mol. The van der Waals surface area contributed by atoms with E-state index < -0.39 is 11.7 Å². The number of halogens is 4. The lowest BCUT2D eigenvalue weighted by Gasteiger charge is -2.15. The van der Waals surface area contributed by atoms with Gasteiger partial charge in [-0.1, -0.05) is 11.6 Å². The van der Waals surface area contributed by atoms with Gasteiger partial charge in [0.05, 0.1) is 7.11 Å². The number of alkyl halides is 3. The maximum Gasteiger partial charge on any atom is 0.421 e. The summed E-state index contributed by atoms with van der Waals surface area (Å²) in [6.07, 6.45) is -3.87. The van der Waals surface area contributed by atoms with Gasteiger partial charge in [-0.2, -0.15) is 18.2 Å². The fraction of sp³-hybridized carbons (Fsp3) is 0.111. The summed E-state index contributed by atoms with van der Waals surface area (Å²) in [5.41, 5.74) is 0.0481. The number of aromatic nitrogens is 2. The van der Waals surface area contributed by atoms with Gasteiger partial charge in [-0.05, 0) is 48.5 Å². The zero-order valence-corrected chi connectivity index (χ0v) is 14.8. The molecule has 0 saturated heterocycles. The number of nitrogens with one attached hydrogen (secondary N) is 2. The second-order valence-electron chi connectivity index (χ2n) is 5.44. The van der Waals surface area contributed by atoms with Crippen molar-refractivity contribution in [1.29, 1.82) is 0 Å². The van der Waals surface area contributed by atoms with Crippen molar-refractivity contribution in [2.45, 2.75) is 6.18 Å². The Hall–Kier alpha value is -3.00. The Bertz CT molecular complexity index is 915. The van der Waals surface area contributed by atoms with E-state index in [1.54, 1.807) is 48.5 Å². The molecule has 0 saturated carbocycles. The summed E-state index contributed by atoms with van der Waals surface area (Å²) in [5.74, 6) is 0.241. The lowest BCUT2D eigenvalue weighted by molar-refractivity contribution is -0.137. The highest BCUT2D eigenvalue weighted by Crippen LogP contribution is 2.35. The number of hydrogen-bond donors (Lipinski definition) is 2. The third-order valence-electron chi connectivity index (χ3n) is 3.55. The van der Waals surface area contributed by atoms with Gasteiger partial charge in [0.2, 0.25) is 5.95 Å². The van der Waals surface area contributed by atoms with Gasteiger partial charge in [-0.25, -0.2) is 4.98 Å². The molecule has 0 atom stereocenters. The third kappa shape index (κ3) is 4.79. The Morgan fingerprint density at radius 3 is 2.11 bits per heavy atom. The SMILES string of the molecule is COc1ccc(Nc2nc(Nc3ccc(Cl)cc3)ncc2C(F)(F)F)cc1. The normalized spacial score (nSPS) is 11.1. The van der Waals surface area contributed by atoms with Gasteiger partial charge < -0.3 is 15.4 Å². The second kappa shape index (κ2) is 7.71. The number of rotatable bonds is 5. The summed E-state index contributed by atoms with van der Waals surface area (Å²) < 4.78 is 44.9. The molecule has 0 aliphatic heterocycles. The quantitative estimate of drug-likeness (QED) is 0.586. The Morgan fingerprint density at radius 1 is 0.926 bits per heavy atom. The Morgan fingerprint density at radius 2 is 1.52 bits per heavy atom. The van der Waals surface area contributed by atoms with E-state index in [9.17, 15) is 13.2 Å². The minimum absolute atomic E-state index is 0.0151. The fourth-order valence-corrected chi connectivity index (χ4v) is 2.34. The summed E-state index contributed by atoms with van der Waals surface area (Å²) in [6, 6.07) is 13.1. The predicted molar refractivity (Wildman–Crippen MR) is 98.0 cm³/mol. The molecule has 1 heterocycles. The Balaban J connectivity index is 1.91. The van der Waals surface area contributed by atoms with E-state index in [1.807, 2.05) is 0 Å². The van der Waals surface area contributed by atoms with Crippen LogP contribution in [0.5, 0.6) is 5.75 Å². The minimum atomic E-state index is -4.60. The smallest absolute Gasteiger partial charge is 0.421 e. The van der Waals surface area contributed by atoms with Crippen LogP contribution in [0.15, 0.2) is 54.7 Å². The van der Waals surface area contributed by atoms with E-state index in [-0.39, 0.29) is 11.8 Å². The molecular formula is C18H14ClF3N4O. The molecule has 0 bridgehead atoms. The van der Waals surface area contributed by atoms with Crippen molar-refractivity contribution in [3.63, 3.8) is 0 Å². The molecule has 0 unspecified atom stereocenters. The summed E-state index contributed by atoms with van der Waals surface area (Å²) in [7, 11) is 1.50. The van der Waals surface area contributed by atoms with Gasteiger partial charge in [0.1, 0.15) is 17.1 Å². The zero-order chi connectivity index (χ0) is 19.4. The molecule has 5 nitrogen and oxygen atoms in total. The van der Waals surface area contributed by atoms with Crippen LogP contribution in [0.3, 0.4) is 0 Å². The summed E-state index contributed by atoms with van der Waals surface area (Å²) in [6.45, 7) is 0. The van der Waals surface area contributed by atoms with Gasteiger partial charge >= 0.3 is 6.18 Å². The summed E-state index contributed by atoms with van der Waals surface area (Å²) in [5, 5.41) is 6.06. The monoisotopic (exact) mass is 394 g/mol. The van der Waals surface area contributed by atoms with Crippen LogP contribution in [0, 0.1) is 0 Å². The average Bonchev–Trinajstić information content (AvgIpc) is 2.63. The number of hydrogen-bond acceptors (Lipinski definition) is 5. The van der Waals surface area contributed by atoms with Crippen molar-refractivity contribution in [2.24, 2.45) is 0 Å². The summed E-state index contributed by atoms with van der Waals surface area (Å²) in [4.78, 5) is 7.73. The predicted octanol–water partition coefficient (Wildman–Crippen LogP) is 5.64. The first-order chi connectivity index (χ1) is 12.8. The lowest BCUT2D eigenvalue weighted by Crippen LogP contribution is -2.12. The molecule has 3 rings (SSSR count). The van der Waals surface area contributed by atoms with Gasteiger partial charge in [0, 0.05) is 22.6 Å². The second-order valence-corrected chi connectivity index (χ2v) is 5.88. The molecule has 2 N–H and O–H groups in total. The number of benzene rings is 2. The van der Waals surface area contributed by atoms with Gasteiger partial charge in [-0.3, -0.25) is 0 Å². The lowest BCUT2D eigenvalue weighted by atomic mass is 10.2. The minimum Gasteiger partial charge on any atom is -0.497 e. The summed E-state index contributed by atoms with van der Waals surface area (Å²) >= 11 is 5.82.